The number of thioether (sulfide) groups is 1. The van der Waals surface area contributed by atoms with E-state index < -0.39 is 0 Å². The quantitative estimate of drug-likeness (QED) is 0.440. The smallest absolute Gasteiger partial charge is 0.261 e. The number of nitrogens with zero attached hydrogens (tertiary/aromatic N) is 2. The van der Waals surface area contributed by atoms with Gasteiger partial charge in [0.2, 0.25) is 5.88 Å². The molecule has 134 valence electrons. The van der Waals surface area contributed by atoms with Gasteiger partial charge in [0.05, 0.1) is 11.3 Å². The van der Waals surface area contributed by atoms with Crippen LogP contribution in [0.3, 0.4) is 0 Å². The van der Waals surface area contributed by atoms with E-state index in [4.69, 9.17) is 0 Å². The van der Waals surface area contributed by atoms with Crippen molar-refractivity contribution in [1.29, 1.82) is 0 Å². The van der Waals surface area contributed by atoms with E-state index in [1.807, 2.05) is 39.0 Å². The summed E-state index contributed by atoms with van der Waals surface area (Å²) in [5.41, 5.74) is 0.769. The first-order valence-corrected chi connectivity index (χ1v) is 9.52. The van der Waals surface area contributed by atoms with Gasteiger partial charge in [-0.15, -0.1) is 0 Å². The summed E-state index contributed by atoms with van der Waals surface area (Å²) in [5.74, 6) is -0.136. The van der Waals surface area contributed by atoms with Crippen molar-refractivity contribution in [3.63, 3.8) is 0 Å². The van der Waals surface area contributed by atoms with E-state index in [1.54, 1.807) is 12.1 Å². The zero-order valence-corrected chi connectivity index (χ0v) is 15.7. The van der Waals surface area contributed by atoms with E-state index in [9.17, 15) is 14.7 Å². The van der Waals surface area contributed by atoms with E-state index in [1.165, 1.54) is 16.3 Å². The van der Waals surface area contributed by atoms with Gasteiger partial charge in [-0.05, 0) is 19.3 Å². The third kappa shape index (κ3) is 4.51. The van der Waals surface area contributed by atoms with Crippen LogP contribution in [0.4, 0.5) is 0 Å². The molecule has 0 saturated heterocycles. The average Bonchev–Trinajstić information content (AvgIpc) is 2.60. The van der Waals surface area contributed by atoms with Crippen LogP contribution in [0.25, 0.3) is 0 Å². The van der Waals surface area contributed by atoms with Crippen LogP contribution in [0.1, 0.15) is 55.5 Å². The summed E-state index contributed by atoms with van der Waals surface area (Å²) >= 11 is 1.18. The minimum atomic E-state index is -0.217. The topological polar surface area (TPSA) is 72.2 Å². The van der Waals surface area contributed by atoms with E-state index >= 15 is 0 Å². The zero-order chi connectivity index (χ0) is 18.4. The number of Topliss-reactive ketones (excluding diaryl/α,β-unsaturated/α-hetero) is 1. The summed E-state index contributed by atoms with van der Waals surface area (Å²) in [7, 11) is 0. The molecule has 1 atom stereocenters. The molecule has 0 saturated carbocycles. The Morgan fingerprint density at radius 2 is 1.96 bits per heavy atom. The number of carbonyl (C=O) groups is 1. The highest BCUT2D eigenvalue weighted by Crippen LogP contribution is 2.27. The van der Waals surface area contributed by atoms with Crippen LogP contribution >= 0.6 is 11.8 Å². The van der Waals surface area contributed by atoms with Gasteiger partial charge in [0.1, 0.15) is 0 Å². The maximum absolute atomic E-state index is 12.7. The lowest BCUT2D eigenvalue weighted by molar-refractivity contribution is 0.102. The van der Waals surface area contributed by atoms with E-state index in [0.29, 0.717) is 22.8 Å². The average molecular weight is 360 g/mol. The largest absolute Gasteiger partial charge is 0.493 e. The molecule has 1 N–H and O–H groups in total. The Morgan fingerprint density at radius 1 is 1.28 bits per heavy atom. The van der Waals surface area contributed by atoms with Crippen LogP contribution in [-0.2, 0) is 6.54 Å². The summed E-state index contributed by atoms with van der Waals surface area (Å²) in [5, 5.41) is 10.6. The van der Waals surface area contributed by atoms with Crippen molar-refractivity contribution in [3.8, 4) is 5.88 Å². The van der Waals surface area contributed by atoms with Crippen molar-refractivity contribution in [1.82, 2.24) is 9.55 Å². The molecule has 0 spiro atoms. The lowest BCUT2D eigenvalue weighted by Gasteiger charge is -2.16. The standard InChI is InChI=1S/C19H24N2O3S/c1-4-9-13(3)16-17(23)20-19(21(5-2)18(16)24)25-12-15(22)14-10-7-6-8-11-14/h6-8,10-11,13,23H,4-5,9,12H2,1-3H3/t13-/m0/s1. The predicted molar refractivity (Wildman–Crippen MR) is 101 cm³/mol. The first-order chi connectivity index (χ1) is 12.0. The molecule has 0 aliphatic heterocycles. The molecule has 0 aliphatic carbocycles. The molecule has 0 unspecified atom stereocenters. The maximum Gasteiger partial charge on any atom is 0.261 e. The Balaban J connectivity index is 2.27. The second kappa shape index (κ2) is 8.85. The number of hydrogen-bond acceptors (Lipinski definition) is 5. The van der Waals surface area contributed by atoms with Crippen molar-refractivity contribution in [2.45, 2.75) is 51.2 Å². The van der Waals surface area contributed by atoms with Crippen LogP contribution < -0.4 is 5.56 Å². The number of benzene rings is 1. The first kappa shape index (κ1) is 19.2. The number of aromatic nitrogens is 2. The fourth-order valence-corrected chi connectivity index (χ4v) is 3.72. The number of hydrogen-bond donors (Lipinski definition) is 1. The van der Waals surface area contributed by atoms with Crippen molar-refractivity contribution in [3.05, 3.63) is 51.8 Å². The molecule has 1 aromatic carbocycles. The van der Waals surface area contributed by atoms with Crippen LogP contribution in [0.15, 0.2) is 40.3 Å². The minimum absolute atomic E-state index is 0.0366. The van der Waals surface area contributed by atoms with Gasteiger partial charge in [0.25, 0.3) is 5.56 Å². The van der Waals surface area contributed by atoms with Gasteiger partial charge in [-0.3, -0.25) is 14.2 Å². The van der Waals surface area contributed by atoms with Gasteiger partial charge < -0.3 is 5.11 Å². The maximum atomic E-state index is 12.7. The van der Waals surface area contributed by atoms with Crippen molar-refractivity contribution >= 4 is 17.5 Å². The van der Waals surface area contributed by atoms with Gasteiger partial charge >= 0.3 is 0 Å². The Morgan fingerprint density at radius 3 is 2.56 bits per heavy atom. The highest BCUT2D eigenvalue weighted by Gasteiger charge is 2.21. The van der Waals surface area contributed by atoms with Gasteiger partial charge in [-0.2, -0.15) is 4.98 Å². The molecule has 0 fully saturated rings. The fourth-order valence-electron chi connectivity index (χ4n) is 2.77. The Hall–Kier alpha value is -2.08. The van der Waals surface area contributed by atoms with Crippen molar-refractivity contribution in [2.24, 2.45) is 0 Å². The summed E-state index contributed by atoms with van der Waals surface area (Å²) in [4.78, 5) is 29.2. The number of ketones is 1. The van der Waals surface area contributed by atoms with Gasteiger partial charge in [0, 0.05) is 12.1 Å². The highest BCUT2D eigenvalue weighted by atomic mass is 32.2. The van der Waals surface area contributed by atoms with Gasteiger partial charge in [0.15, 0.2) is 10.9 Å². The molecule has 2 rings (SSSR count). The molecule has 0 radical (unpaired) electrons. The predicted octanol–water partition coefficient (Wildman–Crippen LogP) is 3.85. The Bertz CT molecular complexity index is 787. The second-order valence-electron chi connectivity index (χ2n) is 5.95. The van der Waals surface area contributed by atoms with Crippen LogP contribution in [-0.4, -0.2) is 26.2 Å². The lowest BCUT2D eigenvalue weighted by Crippen LogP contribution is -2.27. The molecular weight excluding hydrogens is 336 g/mol. The zero-order valence-electron chi connectivity index (χ0n) is 14.9. The lowest BCUT2D eigenvalue weighted by atomic mass is 9.98. The Kier molecular flexibility index (Phi) is 6.82. The molecule has 6 heteroatoms. The number of aromatic hydroxyl groups is 1. The minimum Gasteiger partial charge on any atom is -0.493 e. The Labute approximate surface area is 152 Å². The van der Waals surface area contributed by atoms with E-state index in [0.717, 1.165) is 12.8 Å². The molecule has 0 bridgehead atoms. The number of carbonyl (C=O) groups excluding carboxylic acids is 1. The van der Waals surface area contributed by atoms with Crippen molar-refractivity contribution in [2.75, 3.05) is 5.75 Å². The highest BCUT2D eigenvalue weighted by molar-refractivity contribution is 7.99. The molecule has 0 amide bonds. The summed E-state index contributed by atoms with van der Waals surface area (Å²) in [6.45, 7) is 6.27. The molecule has 5 nitrogen and oxygen atoms in total. The molecular formula is C19H24N2O3S. The third-order valence-electron chi connectivity index (χ3n) is 4.11. The third-order valence-corrected chi connectivity index (χ3v) is 5.08. The monoisotopic (exact) mass is 360 g/mol. The summed E-state index contributed by atoms with van der Waals surface area (Å²) < 4.78 is 1.53. The molecule has 1 aromatic heterocycles. The molecule has 0 aliphatic rings. The van der Waals surface area contributed by atoms with Crippen LogP contribution in [0.5, 0.6) is 5.88 Å². The summed E-state index contributed by atoms with van der Waals surface area (Å²) in [6.07, 6.45) is 1.74. The van der Waals surface area contributed by atoms with Crippen LogP contribution in [0, 0.1) is 0 Å². The SMILES string of the molecule is CCC[C@H](C)c1c(O)nc(SCC(=O)c2ccccc2)n(CC)c1=O. The van der Waals surface area contributed by atoms with E-state index in [2.05, 4.69) is 4.98 Å². The molecule has 2 aromatic rings. The van der Waals surface area contributed by atoms with Gasteiger partial charge in [-0.25, -0.2) is 0 Å². The van der Waals surface area contributed by atoms with Gasteiger partial charge in [-0.1, -0.05) is 62.4 Å². The molecule has 25 heavy (non-hydrogen) atoms. The second-order valence-corrected chi connectivity index (χ2v) is 6.89. The van der Waals surface area contributed by atoms with E-state index in [-0.39, 0.29) is 28.9 Å². The number of rotatable bonds is 8. The molecule has 1 heterocycles. The fraction of sp³-hybridized carbons (Fsp3) is 0.421. The summed E-state index contributed by atoms with van der Waals surface area (Å²) in [6, 6.07) is 9.00. The first-order valence-electron chi connectivity index (χ1n) is 8.54. The normalized spacial score (nSPS) is 12.1. The van der Waals surface area contributed by atoms with Crippen LogP contribution in [0.2, 0.25) is 0 Å². The van der Waals surface area contributed by atoms with Crippen molar-refractivity contribution < 1.29 is 9.90 Å².